The van der Waals surface area contributed by atoms with Crippen molar-refractivity contribution in [1.82, 2.24) is 4.90 Å². The second-order valence-electron chi connectivity index (χ2n) is 6.62. The van der Waals surface area contributed by atoms with Crippen molar-refractivity contribution in [3.8, 4) is 5.75 Å². The summed E-state index contributed by atoms with van der Waals surface area (Å²) in [6, 6.07) is 6.98. The predicted octanol–water partition coefficient (Wildman–Crippen LogP) is 1.86. The van der Waals surface area contributed by atoms with Crippen LogP contribution >= 0.6 is 0 Å². The molecule has 1 aromatic carbocycles. The van der Waals surface area contributed by atoms with E-state index in [0.717, 1.165) is 31.2 Å². The van der Waals surface area contributed by atoms with Crippen LogP contribution in [0.2, 0.25) is 0 Å². The maximum absolute atomic E-state index is 12.4. The Hall–Kier alpha value is -1.59. The number of hydrogen-bond acceptors (Lipinski definition) is 4. The average molecular weight is 319 g/mol. The topological polar surface area (TPSA) is 70.0 Å². The number of hydrogen-bond donors (Lipinski definition) is 2. The van der Waals surface area contributed by atoms with Crippen molar-refractivity contribution in [2.45, 2.75) is 50.2 Å². The van der Waals surface area contributed by atoms with Crippen LogP contribution in [-0.4, -0.2) is 52.4 Å². The fourth-order valence-electron chi connectivity index (χ4n) is 3.60. The summed E-state index contributed by atoms with van der Waals surface area (Å²) in [7, 11) is 0. The van der Waals surface area contributed by atoms with Gasteiger partial charge in [-0.15, -0.1) is 0 Å². The first-order chi connectivity index (χ1) is 11.1. The highest BCUT2D eigenvalue weighted by Crippen LogP contribution is 2.35. The van der Waals surface area contributed by atoms with Gasteiger partial charge in [0.25, 0.3) is 0 Å². The minimum atomic E-state index is -0.425. The molecule has 0 saturated carbocycles. The van der Waals surface area contributed by atoms with E-state index in [-0.39, 0.29) is 11.7 Å². The monoisotopic (exact) mass is 319 g/mol. The molecule has 2 N–H and O–H groups in total. The predicted molar refractivity (Wildman–Crippen MR) is 86.2 cm³/mol. The Labute approximate surface area is 136 Å². The molecule has 0 aromatic heterocycles. The number of piperidine rings is 1. The van der Waals surface area contributed by atoms with Crippen LogP contribution in [0.4, 0.5) is 0 Å². The van der Waals surface area contributed by atoms with Gasteiger partial charge in [0.2, 0.25) is 5.91 Å². The number of ether oxygens (including phenoxy) is 1. The fraction of sp³-hybridized carbons (Fsp3) is 0.611. The second-order valence-corrected chi connectivity index (χ2v) is 6.62. The Morgan fingerprint density at radius 1 is 1.26 bits per heavy atom. The molecule has 0 aliphatic carbocycles. The van der Waals surface area contributed by atoms with Crippen molar-refractivity contribution < 1.29 is 19.7 Å². The van der Waals surface area contributed by atoms with Gasteiger partial charge < -0.3 is 19.8 Å². The van der Waals surface area contributed by atoms with Gasteiger partial charge in [-0.3, -0.25) is 4.79 Å². The maximum Gasteiger partial charge on any atom is 0.222 e. The molecule has 2 saturated heterocycles. The minimum absolute atomic E-state index is 0.151. The lowest BCUT2D eigenvalue weighted by molar-refractivity contribution is -0.179. The molecule has 2 aliphatic rings. The molecule has 0 radical (unpaired) electrons. The van der Waals surface area contributed by atoms with E-state index >= 15 is 0 Å². The van der Waals surface area contributed by atoms with Gasteiger partial charge in [-0.2, -0.15) is 0 Å². The molecule has 5 nitrogen and oxygen atoms in total. The highest BCUT2D eigenvalue weighted by Gasteiger charge is 2.44. The molecule has 23 heavy (non-hydrogen) atoms. The van der Waals surface area contributed by atoms with Crippen molar-refractivity contribution in [1.29, 1.82) is 0 Å². The van der Waals surface area contributed by atoms with Crippen LogP contribution in [0, 0.1) is 0 Å². The zero-order valence-corrected chi connectivity index (χ0v) is 13.4. The van der Waals surface area contributed by atoms with Gasteiger partial charge in [0, 0.05) is 26.1 Å². The molecule has 2 heterocycles. The number of aryl methyl sites for hydroxylation is 1. The van der Waals surface area contributed by atoms with Crippen LogP contribution in [0.1, 0.15) is 37.7 Å². The van der Waals surface area contributed by atoms with Gasteiger partial charge in [0.05, 0.1) is 11.7 Å². The van der Waals surface area contributed by atoms with E-state index in [0.29, 0.717) is 32.5 Å². The number of aromatic hydroxyl groups is 1. The lowest BCUT2D eigenvalue weighted by Crippen LogP contribution is -2.56. The Bertz CT molecular complexity index is 534. The molecule has 126 valence electrons. The number of carbonyl (C=O) groups is 1. The van der Waals surface area contributed by atoms with Crippen LogP contribution in [0.15, 0.2) is 24.3 Å². The Morgan fingerprint density at radius 3 is 2.61 bits per heavy atom. The highest BCUT2D eigenvalue weighted by molar-refractivity contribution is 5.76. The summed E-state index contributed by atoms with van der Waals surface area (Å²) < 4.78 is 5.88. The largest absolute Gasteiger partial charge is 0.508 e. The third-order valence-corrected chi connectivity index (χ3v) is 5.15. The fourth-order valence-corrected chi connectivity index (χ4v) is 3.60. The molecule has 1 aromatic rings. The molecule has 3 rings (SSSR count). The smallest absolute Gasteiger partial charge is 0.222 e. The van der Waals surface area contributed by atoms with Crippen LogP contribution in [0.3, 0.4) is 0 Å². The number of benzene rings is 1. The second kappa shape index (κ2) is 6.89. The molecule has 1 spiro atoms. The standard InChI is InChI=1S/C18H25NO4/c20-15-6-3-14(4-7-15)5-8-17(22)19-11-9-18(10-12-19)16(21)2-1-13-23-18/h3-4,6-7,16,20-21H,1-2,5,8-13H2/t16-/m1/s1. The first-order valence-electron chi connectivity index (χ1n) is 8.47. The van der Waals surface area contributed by atoms with Gasteiger partial charge >= 0.3 is 0 Å². The van der Waals surface area contributed by atoms with Gasteiger partial charge in [-0.25, -0.2) is 0 Å². The average Bonchev–Trinajstić information content (AvgIpc) is 2.58. The highest BCUT2D eigenvalue weighted by atomic mass is 16.5. The maximum atomic E-state index is 12.4. The minimum Gasteiger partial charge on any atom is -0.508 e. The van der Waals surface area contributed by atoms with Gasteiger partial charge in [-0.1, -0.05) is 12.1 Å². The van der Waals surface area contributed by atoms with Crippen LogP contribution in [-0.2, 0) is 16.0 Å². The van der Waals surface area contributed by atoms with E-state index in [2.05, 4.69) is 0 Å². The number of amides is 1. The number of carbonyl (C=O) groups excluding carboxylic acids is 1. The Balaban J connectivity index is 1.49. The molecule has 1 atom stereocenters. The number of phenolic OH excluding ortho intramolecular Hbond substituents is 1. The van der Waals surface area contributed by atoms with E-state index in [1.807, 2.05) is 17.0 Å². The summed E-state index contributed by atoms with van der Waals surface area (Å²) in [6.07, 6.45) is 3.91. The number of likely N-dealkylation sites (tertiary alicyclic amines) is 1. The zero-order valence-electron chi connectivity index (χ0n) is 13.4. The van der Waals surface area contributed by atoms with Crippen molar-refractivity contribution in [3.05, 3.63) is 29.8 Å². The van der Waals surface area contributed by atoms with E-state index in [9.17, 15) is 15.0 Å². The Kier molecular flexibility index (Phi) is 4.87. The third-order valence-electron chi connectivity index (χ3n) is 5.15. The third kappa shape index (κ3) is 3.67. The lowest BCUT2D eigenvalue weighted by Gasteiger charge is -2.46. The number of aliphatic hydroxyl groups is 1. The molecule has 2 fully saturated rings. The molecule has 1 amide bonds. The van der Waals surface area contributed by atoms with E-state index < -0.39 is 11.7 Å². The molecular formula is C18H25NO4. The molecule has 5 heteroatoms. The molecular weight excluding hydrogens is 294 g/mol. The van der Waals surface area contributed by atoms with Crippen LogP contribution < -0.4 is 0 Å². The van der Waals surface area contributed by atoms with Crippen LogP contribution in [0.25, 0.3) is 0 Å². The SMILES string of the molecule is O=C(CCc1ccc(O)cc1)N1CCC2(CC1)OCCC[C@H]2O. The van der Waals surface area contributed by atoms with Crippen molar-refractivity contribution >= 4 is 5.91 Å². The summed E-state index contributed by atoms with van der Waals surface area (Å²) in [5.41, 5.74) is 0.627. The van der Waals surface area contributed by atoms with Gasteiger partial charge in [-0.05, 0) is 49.8 Å². The summed E-state index contributed by atoms with van der Waals surface area (Å²) in [5.74, 6) is 0.394. The zero-order chi connectivity index (χ0) is 16.3. The van der Waals surface area contributed by atoms with E-state index in [1.54, 1.807) is 12.1 Å². The lowest BCUT2D eigenvalue weighted by atomic mass is 9.82. The quantitative estimate of drug-likeness (QED) is 0.892. The normalized spacial score (nSPS) is 23.9. The molecule has 2 aliphatic heterocycles. The number of aliphatic hydroxyl groups excluding tert-OH is 1. The summed E-state index contributed by atoms with van der Waals surface area (Å²) in [5, 5.41) is 19.5. The van der Waals surface area contributed by atoms with Crippen molar-refractivity contribution in [2.75, 3.05) is 19.7 Å². The summed E-state index contributed by atoms with van der Waals surface area (Å²) in [6.45, 7) is 2.03. The first kappa shape index (κ1) is 16.3. The summed E-state index contributed by atoms with van der Waals surface area (Å²) >= 11 is 0. The number of phenols is 1. The van der Waals surface area contributed by atoms with Crippen molar-refractivity contribution in [3.63, 3.8) is 0 Å². The molecule has 0 unspecified atom stereocenters. The van der Waals surface area contributed by atoms with E-state index in [1.165, 1.54) is 0 Å². The van der Waals surface area contributed by atoms with Gasteiger partial charge in [0.1, 0.15) is 5.75 Å². The first-order valence-corrected chi connectivity index (χ1v) is 8.47. The Morgan fingerprint density at radius 2 is 1.96 bits per heavy atom. The van der Waals surface area contributed by atoms with Crippen LogP contribution in [0.5, 0.6) is 5.75 Å². The van der Waals surface area contributed by atoms with E-state index in [4.69, 9.17) is 4.74 Å². The number of nitrogens with zero attached hydrogens (tertiary/aromatic N) is 1. The molecule has 0 bridgehead atoms. The van der Waals surface area contributed by atoms with Gasteiger partial charge in [0.15, 0.2) is 0 Å². The van der Waals surface area contributed by atoms with Crippen molar-refractivity contribution in [2.24, 2.45) is 0 Å². The number of rotatable bonds is 3. The summed E-state index contributed by atoms with van der Waals surface area (Å²) in [4.78, 5) is 14.2.